The van der Waals surface area contributed by atoms with Crippen LogP contribution in [-0.2, 0) is 0 Å². The highest BCUT2D eigenvalue weighted by Gasteiger charge is 2.41. The minimum Gasteiger partial charge on any atom is -0.508 e. The summed E-state index contributed by atoms with van der Waals surface area (Å²) in [5, 5.41) is 12.8. The molecule has 1 aliphatic rings. The Hall–Kier alpha value is -1.23. The quantitative estimate of drug-likeness (QED) is 0.874. The number of hydrogen-bond donors (Lipinski definition) is 2. The van der Waals surface area contributed by atoms with Gasteiger partial charge in [0.15, 0.2) is 0 Å². The first-order chi connectivity index (χ1) is 9.36. The van der Waals surface area contributed by atoms with Crippen LogP contribution in [0, 0.1) is 5.92 Å². The van der Waals surface area contributed by atoms with Crippen LogP contribution in [-0.4, -0.2) is 17.3 Å². The van der Waals surface area contributed by atoms with E-state index in [1.54, 1.807) is 18.2 Å². The van der Waals surface area contributed by atoms with Gasteiger partial charge in [-0.25, -0.2) is 0 Å². The third-order valence-corrected chi connectivity index (χ3v) is 4.05. The van der Waals surface area contributed by atoms with Crippen molar-refractivity contribution in [3.8, 4) is 5.75 Å². The molecule has 0 heterocycles. The molecule has 0 spiro atoms. The number of benzene rings is 1. The molecule has 0 aromatic heterocycles. The molecule has 0 saturated heterocycles. The van der Waals surface area contributed by atoms with Crippen LogP contribution in [0.4, 0.5) is 13.2 Å². The van der Waals surface area contributed by atoms with E-state index in [1.807, 2.05) is 13.0 Å². The van der Waals surface area contributed by atoms with Crippen molar-refractivity contribution in [2.45, 2.75) is 50.9 Å². The molecule has 112 valence electrons. The van der Waals surface area contributed by atoms with E-state index in [4.69, 9.17) is 0 Å². The Balaban J connectivity index is 1.86. The summed E-state index contributed by atoms with van der Waals surface area (Å²) in [4.78, 5) is 0. The summed E-state index contributed by atoms with van der Waals surface area (Å²) < 4.78 is 37.8. The molecule has 0 unspecified atom stereocenters. The molecule has 0 bridgehead atoms. The number of rotatable bonds is 3. The highest BCUT2D eigenvalue weighted by atomic mass is 19.4. The van der Waals surface area contributed by atoms with Crippen molar-refractivity contribution in [2.75, 3.05) is 0 Å². The van der Waals surface area contributed by atoms with Crippen molar-refractivity contribution in [1.82, 2.24) is 5.32 Å². The van der Waals surface area contributed by atoms with E-state index in [9.17, 15) is 18.3 Å². The van der Waals surface area contributed by atoms with Crippen LogP contribution in [0.3, 0.4) is 0 Å². The predicted octanol–water partition coefficient (Wildman–Crippen LogP) is 4.16. The lowest BCUT2D eigenvalue weighted by atomic mass is 9.85. The molecule has 1 atom stereocenters. The lowest BCUT2D eigenvalue weighted by Gasteiger charge is -2.32. The second kappa shape index (κ2) is 6.04. The van der Waals surface area contributed by atoms with E-state index in [1.165, 1.54) is 0 Å². The number of phenolic OH excluding ortho intramolecular Hbond substituents is 1. The van der Waals surface area contributed by atoms with Gasteiger partial charge in [0.1, 0.15) is 5.75 Å². The molecule has 0 radical (unpaired) electrons. The Bertz CT molecular complexity index is 439. The normalized spacial score (nSPS) is 25.4. The van der Waals surface area contributed by atoms with Gasteiger partial charge >= 0.3 is 6.18 Å². The van der Waals surface area contributed by atoms with Crippen molar-refractivity contribution >= 4 is 0 Å². The van der Waals surface area contributed by atoms with Crippen LogP contribution in [0.5, 0.6) is 5.75 Å². The Morgan fingerprint density at radius 3 is 2.40 bits per heavy atom. The maximum Gasteiger partial charge on any atom is 0.391 e. The van der Waals surface area contributed by atoms with Crippen LogP contribution in [0.1, 0.15) is 44.2 Å². The van der Waals surface area contributed by atoms with Crippen LogP contribution in [0.25, 0.3) is 0 Å². The third kappa shape index (κ3) is 3.88. The Morgan fingerprint density at radius 1 is 1.20 bits per heavy atom. The number of nitrogens with one attached hydrogen (secondary N) is 1. The summed E-state index contributed by atoms with van der Waals surface area (Å²) in [5.41, 5.74) is 0.947. The monoisotopic (exact) mass is 287 g/mol. The van der Waals surface area contributed by atoms with Gasteiger partial charge < -0.3 is 10.4 Å². The minimum atomic E-state index is -4.05. The summed E-state index contributed by atoms with van der Waals surface area (Å²) in [5.74, 6) is -0.937. The van der Waals surface area contributed by atoms with Crippen LogP contribution in [0.15, 0.2) is 24.3 Å². The van der Waals surface area contributed by atoms with E-state index in [2.05, 4.69) is 5.32 Å². The van der Waals surface area contributed by atoms with Gasteiger partial charge in [-0.2, -0.15) is 13.2 Å². The standard InChI is InChI=1S/C15H20F3NO/c1-10(11-3-2-4-14(20)9-11)19-13-7-5-12(6-8-13)15(16,17)18/h2-4,9-10,12-13,19-20H,5-8H2,1H3/t10-,12?,13?/m1/s1. The number of phenols is 1. The molecule has 5 heteroatoms. The van der Waals surface area contributed by atoms with E-state index < -0.39 is 12.1 Å². The average Bonchev–Trinajstić information content (AvgIpc) is 2.38. The number of hydrogen-bond acceptors (Lipinski definition) is 2. The molecule has 1 aliphatic carbocycles. The largest absolute Gasteiger partial charge is 0.508 e. The molecule has 2 rings (SSSR count). The maximum absolute atomic E-state index is 12.6. The summed E-state index contributed by atoms with van der Waals surface area (Å²) in [6.07, 6.45) is -2.55. The zero-order valence-electron chi connectivity index (χ0n) is 11.5. The Kier molecular flexibility index (Phi) is 4.58. The van der Waals surface area contributed by atoms with Crippen molar-refractivity contribution in [2.24, 2.45) is 5.92 Å². The Labute approximate surface area is 117 Å². The summed E-state index contributed by atoms with van der Waals surface area (Å²) in [6, 6.07) is 7.09. The molecule has 1 aromatic rings. The van der Waals surface area contributed by atoms with Crippen molar-refractivity contribution in [3.05, 3.63) is 29.8 Å². The minimum absolute atomic E-state index is 0.0227. The Morgan fingerprint density at radius 2 is 1.85 bits per heavy atom. The van der Waals surface area contributed by atoms with Crippen LogP contribution in [0.2, 0.25) is 0 Å². The molecule has 2 nitrogen and oxygen atoms in total. The fourth-order valence-electron chi connectivity index (χ4n) is 2.83. The van der Waals surface area contributed by atoms with Crippen molar-refractivity contribution < 1.29 is 18.3 Å². The maximum atomic E-state index is 12.6. The van der Waals surface area contributed by atoms with Gasteiger partial charge in [0.25, 0.3) is 0 Å². The highest BCUT2D eigenvalue weighted by molar-refractivity contribution is 5.29. The first-order valence-corrected chi connectivity index (χ1v) is 6.98. The topological polar surface area (TPSA) is 32.3 Å². The molecule has 1 saturated carbocycles. The highest BCUT2D eigenvalue weighted by Crippen LogP contribution is 2.37. The van der Waals surface area contributed by atoms with E-state index in [-0.39, 0.29) is 30.7 Å². The summed E-state index contributed by atoms with van der Waals surface area (Å²) >= 11 is 0. The second-order valence-electron chi connectivity index (χ2n) is 5.57. The smallest absolute Gasteiger partial charge is 0.391 e. The first kappa shape index (κ1) is 15.2. The molecular weight excluding hydrogens is 267 g/mol. The van der Waals surface area contributed by atoms with E-state index in [0.29, 0.717) is 12.8 Å². The first-order valence-electron chi connectivity index (χ1n) is 6.98. The fraction of sp³-hybridized carbons (Fsp3) is 0.600. The second-order valence-corrected chi connectivity index (χ2v) is 5.57. The van der Waals surface area contributed by atoms with E-state index in [0.717, 1.165) is 5.56 Å². The zero-order chi connectivity index (χ0) is 14.8. The molecule has 20 heavy (non-hydrogen) atoms. The summed E-state index contributed by atoms with van der Waals surface area (Å²) in [7, 11) is 0. The van der Waals surface area contributed by atoms with Gasteiger partial charge in [0.2, 0.25) is 0 Å². The molecular formula is C15H20F3NO. The predicted molar refractivity (Wildman–Crippen MR) is 71.5 cm³/mol. The number of alkyl halides is 3. The average molecular weight is 287 g/mol. The van der Waals surface area contributed by atoms with Gasteiger partial charge in [-0.05, 0) is 50.3 Å². The van der Waals surface area contributed by atoms with Crippen molar-refractivity contribution in [3.63, 3.8) is 0 Å². The van der Waals surface area contributed by atoms with Crippen LogP contribution < -0.4 is 5.32 Å². The van der Waals surface area contributed by atoms with E-state index >= 15 is 0 Å². The van der Waals surface area contributed by atoms with Crippen LogP contribution >= 0.6 is 0 Å². The van der Waals surface area contributed by atoms with Gasteiger partial charge in [-0.1, -0.05) is 12.1 Å². The molecule has 1 aromatic carbocycles. The van der Waals surface area contributed by atoms with Gasteiger partial charge in [-0.15, -0.1) is 0 Å². The molecule has 0 aliphatic heterocycles. The van der Waals surface area contributed by atoms with Gasteiger partial charge in [0.05, 0.1) is 5.92 Å². The molecule has 0 amide bonds. The van der Waals surface area contributed by atoms with Crippen molar-refractivity contribution in [1.29, 1.82) is 0 Å². The molecule has 1 fully saturated rings. The SMILES string of the molecule is C[C@@H](NC1CCC(C(F)(F)F)CC1)c1cccc(O)c1. The lowest BCUT2D eigenvalue weighted by Crippen LogP contribution is -2.38. The number of halogens is 3. The van der Waals surface area contributed by atoms with Gasteiger partial charge in [-0.3, -0.25) is 0 Å². The van der Waals surface area contributed by atoms with Gasteiger partial charge in [0, 0.05) is 12.1 Å². The number of aromatic hydroxyl groups is 1. The molecule has 2 N–H and O–H groups in total. The summed E-state index contributed by atoms with van der Waals surface area (Å²) in [6.45, 7) is 1.96. The zero-order valence-corrected chi connectivity index (χ0v) is 11.5. The lowest BCUT2D eigenvalue weighted by molar-refractivity contribution is -0.182. The fourth-order valence-corrected chi connectivity index (χ4v) is 2.83. The third-order valence-electron chi connectivity index (χ3n) is 4.05.